The number of oxazole rings is 1. The fourth-order valence-corrected chi connectivity index (χ4v) is 1.54. The number of ether oxygens (including phenoxy) is 1. The van der Waals surface area contributed by atoms with Crippen LogP contribution in [0, 0.1) is 6.92 Å². The first-order valence-electron chi connectivity index (χ1n) is 6.10. The summed E-state index contributed by atoms with van der Waals surface area (Å²) < 4.78 is 10.6. The Bertz CT molecular complexity index is 522. The Morgan fingerprint density at radius 1 is 1.37 bits per heavy atom. The number of hydrogen-bond donors (Lipinski definition) is 1. The molecule has 0 aliphatic rings. The number of aromatic nitrogens is 1. The highest BCUT2D eigenvalue weighted by atomic mass is 16.5. The second kappa shape index (κ2) is 6.58. The topological polar surface area (TPSA) is 64.4 Å². The van der Waals surface area contributed by atoms with E-state index in [1.165, 1.54) is 0 Å². The summed E-state index contributed by atoms with van der Waals surface area (Å²) in [6, 6.07) is 9.23. The van der Waals surface area contributed by atoms with Gasteiger partial charge in [0.25, 0.3) is 5.91 Å². The van der Waals surface area contributed by atoms with Crippen LogP contribution >= 0.6 is 0 Å². The van der Waals surface area contributed by atoms with Gasteiger partial charge in [-0.2, -0.15) is 0 Å². The van der Waals surface area contributed by atoms with Gasteiger partial charge < -0.3 is 14.5 Å². The Morgan fingerprint density at radius 3 is 2.84 bits per heavy atom. The second-order valence-corrected chi connectivity index (χ2v) is 4.07. The lowest BCUT2D eigenvalue weighted by Crippen LogP contribution is -2.30. The summed E-state index contributed by atoms with van der Waals surface area (Å²) in [4.78, 5) is 15.6. The molecular formula is C14H16N2O3. The van der Waals surface area contributed by atoms with E-state index in [4.69, 9.17) is 9.15 Å². The van der Waals surface area contributed by atoms with E-state index in [-0.39, 0.29) is 12.5 Å². The Hall–Kier alpha value is -2.30. The molecule has 0 radical (unpaired) electrons. The van der Waals surface area contributed by atoms with Gasteiger partial charge in [-0.1, -0.05) is 18.2 Å². The van der Waals surface area contributed by atoms with Crippen LogP contribution in [0.2, 0.25) is 0 Å². The SMILES string of the molecule is Cc1cnc(CCNC(=O)COc2ccccc2)o1. The number of hydrogen-bond acceptors (Lipinski definition) is 4. The third-order valence-electron chi connectivity index (χ3n) is 2.44. The highest BCUT2D eigenvalue weighted by molar-refractivity contribution is 5.77. The van der Waals surface area contributed by atoms with Crippen LogP contribution in [0.25, 0.3) is 0 Å². The first-order valence-corrected chi connectivity index (χ1v) is 6.10. The number of benzene rings is 1. The van der Waals surface area contributed by atoms with E-state index in [1.807, 2.05) is 37.3 Å². The van der Waals surface area contributed by atoms with Crippen LogP contribution in [0.1, 0.15) is 11.7 Å². The van der Waals surface area contributed by atoms with Gasteiger partial charge in [-0.15, -0.1) is 0 Å². The van der Waals surface area contributed by atoms with Crippen LogP contribution in [0.5, 0.6) is 5.75 Å². The highest BCUT2D eigenvalue weighted by Gasteiger charge is 2.04. The molecule has 1 N–H and O–H groups in total. The molecule has 1 heterocycles. The summed E-state index contributed by atoms with van der Waals surface area (Å²) in [5.74, 6) is 1.92. The van der Waals surface area contributed by atoms with Crippen LogP contribution in [0.15, 0.2) is 40.9 Å². The van der Waals surface area contributed by atoms with Crippen LogP contribution in [-0.4, -0.2) is 24.0 Å². The number of nitrogens with one attached hydrogen (secondary N) is 1. The molecule has 0 saturated heterocycles. The van der Waals surface area contributed by atoms with Crippen LogP contribution in [0.3, 0.4) is 0 Å². The standard InChI is InChI=1S/C14H16N2O3/c1-11-9-16-14(19-11)7-8-15-13(17)10-18-12-5-3-2-4-6-12/h2-6,9H,7-8,10H2,1H3,(H,15,17). The van der Waals surface area contributed by atoms with Crippen molar-refractivity contribution in [1.82, 2.24) is 10.3 Å². The first kappa shape index (κ1) is 13.1. The average molecular weight is 260 g/mol. The number of para-hydroxylation sites is 1. The molecule has 0 aliphatic carbocycles. The quantitative estimate of drug-likeness (QED) is 0.859. The van der Waals surface area contributed by atoms with Crippen LogP contribution in [-0.2, 0) is 11.2 Å². The summed E-state index contributed by atoms with van der Waals surface area (Å²) in [6.07, 6.45) is 2.24. The summed E-state index contributed by atoms with van der Waals surface area (Å²) in [7, 11) is 0. The maximum Gasteiger partial charge on any atom is 0.257 e. The minimum atomic E-state index is -0.160. The predicted molar refractivity (Wildman–Crippen MR) is 69.9 cm³/mol. The molecule has 2 aromatic rings. The average Bonchev–Trinajstić information content (AvgIpc) is 2.83. The van der Waals surface area contributed by atoms with Gasteiger partial charge in [0.1, 0.15) is 11.5 Å². The molecule has 5 heteroatoms. The van der Waals surface area contributed by atoms with Crippen molar-refractivity contribution in [1.29, 1.82) is 0 Å². The molecule has 5 nitrogen and oxygen atoms in total. The lowest BCUT2D eigenvalue weighted by atomic mass is 10.3. The second-order valence-electron chi connectivity index (χ2n) is 4.07. The van der Waals surface area contributed by atoms with E-state index in [0.29, 0.717) is 24.6 Å². The van der Waals surface area contributed by atoms with Gasteiger partial charge in [0.2, 0.25) is 0 Å². The molecule has 2 rings (SSSR count). The molecule has 0 saturated carbocycles. The van der Waals surface area contributed by atoms with Crippen molar-refractivity contribution >= 4 is 5.91 Å². The van der Waals surface area contributed by atoms with Gasteiger partial charge in [0, 0.05) is 13.0 Å². The van der Waals surface area contributed by atoms with E-state index in [9.17, 15) is 4.79 Å². The number of aryl methyl sites for hydroxylation is 1. The summed E-state index contributed by atoms with van der Waals surface area (Å²) in [5.41, 5.74) is 0. The Balaban J connectivity index is 1.65. The van der Waals surface area contributed by atoms with Crippen molar-refractivity contribution in [3.8, 4) is 5.75 Å². The Labute approximate surface area is 111 Å². The number of amides is 1. The van der Waals surface area contributed by atoms with Gasteiger partial charge in [-0.3, -0.25) is 4.79 Å². The van der Waals surface area contributed by atoms with Gasteiger partial charge in [0.05, 0.1) is 6.20 Å². The maximum atomic E-state index is 11.5. The van der Waals surface area contributed by atoms with Crippen LogP contribution in [0.4, 0.5) is 0 Å². The number of carbonyl (C=O) groups excluding carboxylic acids is 1. The van der Waals surface area contributed by atoms with Crippen molar-refractivity contribution < 1.29 is 13.9 Å². The molecule has 1 amide bonds. The van der Waals surface area contributed by atoms with Gasteiger partial charge in [0.15, 0.2) is 12.5 Å². The Morgan fingerprint density at radius 2 is 2.16 bits per heavy atom. The van der Waals surface area contributed by atoms with Crippen molar-refractivity contribution in [3.63, 3.8) is 0 Å². The third kappa shape index (κ3) is 4.46. The van der Waals surface area contributed by atoms with E-state index in [2.05, 4.69) is 10.3 Å². The van der Waals surface area contributed by atoms with E-state index in [1.54, 1.807) is 6.20 Å². The molecule has 0 aliphatic heterocycles. The first-order chi connectivity index (χ1) is 9.24. The zero-order valence-electron chi connectivity index (χ0n) is 10.8. The van der Waals surface area contributed by atoms with Crippen molar-refractivity contribution in [2.45, 2.75) is 13.3 Å². The number of rotatable bonds is 6. The lowest BCUT2D eigenvalue weighted by Gasteiger charge is -2.06. The normalized spacial score (nSPS) is 10.2. The molecular weight excluding hydrogens is 244 g/mol. The fraction of sp³-hybridized carbons (Fsp3) is 0.286. The lowest BCUT2D eigenvalue weighted by molar-refractivity contribution is -0.123. The number of carbonyl (C=O) groups is 1. The van der Waals surface area contributed by atoms with Crippen molar-refractivity contribution in [3.05, 3.63) is 48.2 Å². The summed E-state index contributed by atoms with van der Waals surface area (Å²) >= 11 is 0. The van der Waals surface area contributed by atoms with Crippen molar-refractivity contribution in [2.75, 3.05) is 13.2 Å². The molecule has 0 bridgehead atoms. The maximum absolute atomic E-state index is 11.5. The molecule has 0 unspecified atom stereocenters. The molecule has 1 aromatic heterocycles. The summed E-state index contributed by atoms with van der Waals surface area (Å²) in [5, 5.41) is 2.75. The van der Waals surface area contributed by atoms with E-state index in [0.717, 1.165) is 5.76 Å². The molecule has 100 valence electrons. The molecule has 1 aromatic carbocycles. The van der Waals surface area contributed by atoms with E-state index >= 15 is 0 Å². The van der Waals surface area contributed by atoms with Crippen molar-refractivity contribution in [2.24, 2.45) is 0 Å². The Kier molecular flexibility index (Phi) is 4.55. The van der Waals surface area contributed by atoms with Gasteiger partial charge in [-0.25, -0.2) is 4.98 Å². The highest BCUT2D eigenvalue weighted by Crippen LogP contribution is 2.07. The predicted octanol–water partition coefficient (Wildman–Crippen LogP) is 1.72. The largest absolute Gasteiger partial charge is 0.484 e. The molecule has 19 heavy (non-hydrogen) atoms. The zero-order chi connectivity index (χ0) is 13.5. The van der Waals surface area contributed by atoms with Crippen LogP contribution < -0.4 is 10.1 Å². The molecule has 0 spiro atoms. The zero-order valence-corrected chi connectivity index (χ0v) is 10.8. The minimum Gasteiger partial charge on any atom is -0.484 e. The third-order valence-corrected chi connectivity index (χ3v) is 2.44. The number of nitrogens with zero attached hydrogens (tertiary/aromatic N) is 1. The fourth-order valence-electron chi connectivity index (χ4n) is 1.54. The smallest absolute Gasteiger partial charge is 0.257 e. The minimum absolute atomic E-state index is 0.00856. The summed E-state index contributed by atoms with van der Waals surface area (Å²) in [6.45, 7) is 2.33. The van der Waals surface area contributed by atoms with E-state index < -0.39 is 0 Å². The monoisotopic (exact) mass is 260 g/mol. The van der Waals surface area contributed by atoms with Gasteiger partial charge in [-0.05, 0) is 19.1 Å². The van der Waals surface area contributed by atoms with Gasteiger partial charge >= 0.3 is 0 Å². The molecule has 0 fully saturated rings. The molecule has 0 atom stereocenters.